The topological polar surface area (TPSA) is 233 Å². The third-order valence-corrected chi connectivity index (χ3v) is 7.40. The molecule has 4 atom stereocenters. The SMILES string of the molecule is CC(C)C[C@H](NC(=O)[C@H](Cc1ccccc1)NC(=O)[C@H](CCC(=O)O)NC(=O)[C@@H](N)Cc1c[nH]c2ccccc12)C(=O)NCC(=O)O. The first-order valence-corrected chi connectivity index (χ1v) is 15.3. The Hall–Kier alpha value is -5.24. The molecule has 252 valence electrons. The lowest BCUT2D eigenvalue weighted by Gasteiger charge is -2.26. The van der Waals surface area contributed by atoms with Crippen LogP contribution in [0, 0.1) is 5.92 Å². The second-order valence-electron chi connectivity index (χ2n) is 11.7. The summed E-state index contributed by atoms with van der Waals surface area (Å²) in [6.07, 6.45) is 1.35. The molecule has 47 heavy (non-hydrogen) atoms. The number of aromatic amines is 1. The maximum atomic E-state index is 13.6. The fourth-order valence-corrected chi connectivity index (χ4v) is 5.04. The first-order chi connectivity index (χ1) is 22.3. The Morgan fingerprint density at radius 1 is 0.745 bits per heavy atom. The summed E-state index contributed by atoms with van der Waals surface area (Å²) in [5.74, 6) is -5.42. The number of aliphatic carboxylic acids is 2. The van der Waals surface area contributed by atoms with Crippen molar-refractivity contribution in [2.75, 3.05) is 6.54 Å². The summed E-state index contributed by atoms with van der Waals surface area (Å²) in [6.45, 7) is 3.01. The number of amides is 4. The van der Waals surface area contributed by atoms with Gasteiger partial charge in [-0.15, -0.1) is 0 Å². The number of hydrogen-bond acceptors (Lipinski definition) is 7. The van der Waals surface area contributed by atoms with E-state index in [2.05, 4.69) is 26.3 Å². The van der Waals surface area contributed by atoms with Gasteiger partial charge < -0.3 is 42.2 Å². The van der Waals surface area contributed by atoms with Gasteiger partial charge in [0.25, 0.3) is 0 Å². The molecule has 0 saturated carbocycles. The molecule has 0 aliphatic heterocycles. The number of fused-ring (bicyclic) bond motifs is 1. The number of carbonyl (C=O) groups is 6. The second-order valence-corrected chi connectivity index (χ2v) is 11.7. The highest BCUT2D eigenvalue weighted by Gasteiger charge is 2.31. The molecule has 0 saturated heterocycles. The number of aromatic nitrogens is 1. The molecule has 14 nitrogen and oxygen atoms in total. The van der Waals surface area contributed by atoms with Crippen LogP contribution in [-0.2, 0) is 41.6 Å². The van der Waals surface area contributed by atoms with Crippen molar-refractivity contribution >= 4 is 46.5 Å². The normalized spacial score (nSPS) is 13.6. The van der Waals surface area contributed by atoms with Crippen molar-refractivity contribution in [3.05, 3.63) is 71.9 Å². The molecule has 4 amide bonds. The van der Waals surface area contributed by atoms with Crippen LogP contribution in [0.3, 0.4) is 0 Å². The fraction of sp³-hybridized carbons (Fsp3) is 0.394. The number of carboxylic acid groups (broad SMARTS) is 2. The van der Waals surface area contributed by atoms with Crippen LogP contribution >= 0.6 is 0 Å². The molecule has 0 aliphatic carbocycles. The first kappa shape index (κ1) is 36.2. The first-order valence-electron chi connectivity index (χ1n) is 15.3. The van der Waals surface area contributed by atoms with E-state index in [4.69, 9.17) is 10.8 Å². The van der Waals surface area contributed by atoms with Crippen molar-refractivity contribution in [2.45, 2.75) is 70.1 Å². The van der Waals surface area contributed by atoms with Gasteiger partial charge in [0.2, 0.25) is 23.6 Å². The number of nitrogens with one attached hydrogen (secondary N) is 5. The Morgan fingerprint density at radius 3 is 2.02 bits per heavy atom. The molecule has 0 unspecified atom stereocenters. The van der Waals surface area contributed by atoms with E-state index < -0.39 is 72.7 Å². The van der Waals surface area contributed by atoms with Gasteiger partial charge in [0, 0.05) is 29.9 Å². The highest BCUT2D eigenvalue weighted by molar-refractivity contribution is 5.95. The van der Waals surface area contributed by atoms with Gasteiger partial charge in [-0.05, 0) is 42.4 Å². The number of carbonyl (C=O) groups excluding carboxylic acids is 4. The fourth-order valence-electron chi connectivity index (χ4n) is 5.04. The Labute approximate surface area is 271 Å². The van der Waals surface area contributed by atoms with E-state index in [1.165, 1.54) is 0 Å². The lowest BCUT2D eigenvalue weighted by atomic mass is 10.0. The van der Waals surface area contributed by atoms with Crippen LogP contribution in [-0.4, -0.2) is 81.5 Å². The molecule has 0 radical (unpaired) electrons. The summed E-state index contributed by atoms with van der Waals surface area (Å²) in [6, 6.07) is 11.5. The van der Waals surface area contributed by atoms with Gasteiger partial charge in [-0.25, -0.2) is 0 Å². The van der Waals surface area contributed by atoms with Crippen molar-refractivity contribution in [3.8, 4) is 0 Å². The lowest BCUT2D eigenvalue weighted by Crippen LogP contribution is -2.58. The van der Waals surface area contributed by atoms with Gasteiger partial charge in [-0.1, -0.05) is 62.4 Å². The van der Waals surface area contributed by atoms with E-state index >= 15 is 0 Å². The molecular weight excluding hydrogens is 608 g/mol. The molecule has 3 aromatic rings. The molecule has 0 bridgehead atoms. The monoisotopic (exact) mass is 650 g/mol. The molecule has 0 aliphatic rings. The molecule has 9 N–H and O–H groups in total. The van der Waals surface area contributed by atoms with E-state index in [9.17, 15) is 33.9 Å². The molecule has 2 aromatic carbocycles. The summed E-state index contributed by atoms with van der Waals surface area (Å²) < 4.78 is 0. The van der Waals surface area contributed by atoms with Crippen LogP contribution in [0.25, 0.3) is 10.9 Å². The minimum atomic E-state index is -1.34. The van der Waals surface area contributed by atoms with E-state index in [0.29, 0.717) is 5.56 Å². The van der Waals surface area contributed by atoms with Crippen LogP contribution in [0.1, 0.15) is 44.2 Å². The predicted octanol–water partition coefficient (Wildman–Crippen LogP) is 0.847. The summed E-state index contributed by atoms with van der Waals surface area (Å²) in [7, 11) is 0. The zero-order chi connectivity index (χ0) is 34.5. The van der Waals surface area contributed by atoms with Crippen molar-refractivity contribution < 1.29 is 39.0 Å². The Morgan fingerprint density at radius 2 is 1.36 bits per heavy atom. The van der Waals surface area contributed by atoms with Gasteiger partial charge in [-0.3, -0.25) is 28.8 Å². The molecule has 1 heterocycles. The zero-order valence-electron chi connectivity index (χ0n) is 26.3. The number of H-pyrrole nitrogens is 1. The lowest BCUT2D eigenvalue weighted by molar-refractivity contribution is -0.139. The third kappa shape index (κ3) is 11.6. The maximum Gasteiger partial charge on any atom is 0.322 e. The Balaban J connectivity index is 1.79. The third-order valence-electron chi connectivity index (χ3n) is 7.40. The number of hydrogen-bond donors (Lipinski definition) is 8. The van der Waals surface area contributed by atoms with E-state index in [-0.39, 0.29) is 31.6 Å². The Bertz CT molecular complexity index is 1560. The molecule has 0 fully saturated rings. The minimum absolute atomic E-state index is 0.00321. The standard InChI is InChI=1S/C33H42N6O8/c1-19(2)14-26(31(45)36-18-29(42)43)38-33(47)27(15-20-8-4-3-5-9-20)39-32(46)25(12-13-28(40)41)37-30(44)23(34)16-21-17-35-24-11-7-6-10-22(21)24/h3-11,17,19,23,25-27,35H,12-16,18,34H2,1-2H3,(H,36,45)(H,37,44)(H,38,47)(H,39,46)(H,40,41)(H,42,43)/t23-,25-,26-,27-/m0/s1. The molecule has 0 spiro atoms. The summed E-state index contributed by atoms with van der Waals surface area (Å²) >= 11 is 0. The predicted molar refractivity (Wildman–Crippen MR) is 173 cm³/mol. The van der Waals surface area contributed by atoms with Crippen LogP contribution in [0.2, 0.25) is 0 Å². The number of carboxylic acids is 2. The summed E-state index contributed by atoms with van der Waals surface area (Å²) in [5, 5.41) is 29.2. The van der Waals surface area contributed by atoms with E-state index in [1.54, 1.807) is 36.5 Å². The highest BCUT2D eigenvalue weighted by atomic mass is 16.4. The van der Waals surface area contributed by atoms with Crippen LogP contribution < -0.4 is 27.0 Å². The average molecular weight is 651 g/mol. The van der Waals surface area contributed by atoms with Crippen molar-refractivity contribution in [3.63, 3.8) is 0 Å². The number of para-hydroxylation sites is 1. The van der Waals surface area contributed by atoms with Crippen molar-refractivity contribution in [1.29, 1.82) is 0 Å². The zero-order valence-corrected chi connectivity index (χ0v) is 26.3. The van der Waals surface area contributed by atoms with Crippen LogP contribution in [0.15, 0.2) is 60.8 Å². The number of nitrogens with two attached hydrogens (primary N) is 1. The average Bonchev–Trinajstić information content (AvgIpc) is 3.43. The van der Waals surface area contributed by atoms with Crippen LogP contribution in [0.5, 0.6) is 0 Å². The molecule has 3 rings (SSSR count). The Kier molecular flexibility index (Phi) is 13.5. The van der Waals surface area contributed by atoms with Gasteiger partial charge >= 0.3 is 11.9 Å². The van der Waals surface area contributed by atoms with Crippen molar-refractivity contribution in [2.24, 2.45) is 11.7 Å². The minimum Gasteiger partial charge on any atom is -0.481 e. The van der Waals surface area contributed by atoms with Gasteiger partial charge in [-0.2, -0.15) is 0 Å². The van der Waals surface area contributed by atoms with Crippen molar-refractivity contribution in [1.82, 2.24) is 26.3 Å². The van der Waals surface area contributed by atoms with Gasteiger partial charge in [0.15, 0.2) is 0 Å². The molecule has 1 aromatic heterocycles. The largest absolute Gasteiger partial charge is 0.481 e. The smallest absolute Gasteiger partial charge is 0.322 e. The van der Waals surface area contributed by atoms with Crippen LogP contribution in [0.4, 0.5) is 0 Å². The van der Waals surface area contributed by atoms with Gasteiger partial charge in [0.1, 0.15) is 24.7 Å². The number of benzene rings is 2. The highest BCUT2D eigenvalue weighted by Crippen LogP contribution is 2.19. The van der Waals surface area contributed by atoms with E-state index in [1.807, 2.05) is 38.1 Å². The van der Waals surface area contributed by atoms with Gasteiger partial charge in [0.05, 0.1) is 6.04 Å². The summed E-state index contributed by atoms with van der Waals surface area (Å²) in [4.78, 5) is 78.6. The second kappa shape index (κ2) is 17.5. The number of rotatable bonds is 18. The summed E-state index contributed by atoms with van der Waals surface area (Å²) in [5.41, 5.74) is 8.54. The van der Waals surface area contributed by atoms with E-state index in [0.717, 1.165) is 16.5 Å². The molecular formula is C33H42N6O8. The quantitative estimate of drug-likeness (QED) is 0.0973. The molecule has 14 heteroatoms. The maximum absolute atomic E-state index is 13.6.